The smallest absolute Gasteiger partial charge is 0.168 e. The second-order valence-electron chi connectivity index (χ2n) is 12.4. The Morgan fingerprint density at radius 3 is 2.27 bits per heavy atom. The normalized spacial score (nSPS) is 35.9. The molecule has 5 saturated carbocycles. The molecule has 4 nitrogen and oxygen atoms in total. The molecule has 0 amide bonds. The SMILES string of the molecule is O=C(CC12CC3CC(CC(C3)C1)C2)c1cnn2c1NC(c1ccccc1)CC21CCCCC1. The Balaban J connectivity index is 1.22. The summed E-state index contributed by atoms with van der Waals surface area (Å²) in [6.45, 7) is 0. The molecule has 4 heteroatoms. The van der Waals surface area contributed by atoms with Crippen molar-refractivity contribution in [2.75, 3.05) is 5.32 Å². The van der Waals surface area contributed by atoms with Gasteiger partial charge in [-0.2, -0.15) is 5.10 Å². The number of hydrogen-bond donors (Lipinski definition) is 1. The van der Waals surface area contributed by atoms with Crippen molar-refractivity contribution in [1.29, 1.82) is 0 Å². The molecular formula is C29H37N3O. The van der Waals surface area contributed by atoms with E-state index in [2.05, 4.69) is 40.3 Å². The Morgan fingerprint density at radius 1 is 0.939 bits per heavy atom. The molecule has 1 N–H and O–H groups in total. The van der Waals surface area contributed by atoms with Crippen molar-refractivity contribution < 1.29 is 4.79 Å². The van der Waals surface area contributed by atoms with Gasteiger partial charge in [-0.25, -0.2) is 4.68 Å². The first-order valence-corrected chi connectivity index (χ1v) is 13.5. The molecule has 6 aliphatic rings. The van der Waals surface area contributed by atoms with E-state index in [0.717, 1.165) is 42.0 Å². The summed E-state index contributed by atoms with van der Waals surface area (Å²) in [5.74, 6) is 4.00. The van der Waals surface area contributed by atoms with E-state index < -0.39 is 0 Å². The molecule has 0 radical (unpaired) electrons. The second kappa shape index (κ2) is 7.45. The number of benzene rings is 1. The number of nitrogens with one attached hydrogen (secondary N) is 1. The van der Waals surface area contributed by atoms with Gasteiger partial charge in [-0.3, -0.25) is 4.79 Å². The number of carbonyl (C=O) groups is 1. The summed E-state index contributed by atoms with van der Waals surface area (Å²) in [5.41, 5.74) is 2.51. The van der Waals surface area contributed by atoms with Gasteiger partial charge in [0.15, 0.2) is 5.78 Å². The average molecular weight is 444 g/mol. The first kappa shape index (κ1) is 20.3. The van der Waals surface area contributed by atoms with E-state index in [1.807, 2.05) is 6.20 Å². The van der Waals surface area contributed by atoms with E-state index in [9.17, 15) is 4.79 Å². The number of aromatic nitrogens is 2. The van der Waals surface area contributed by atoms with Gasteiger partial charge < -0.3 is 5.32 Å². The molecule has 0 saturated heterocycles. The third-order valence-corrected chi connectivity index (χ3v) is 10.1. The zero-order valence-corrected chi connectivity index (χ0v) is 19.8. The number of hydrogen-bond acceptors (Lipinski definition) is 3. The number of Topliss-reactive ketones (excluding diaryl/α,β-unsaturated/α-hetero) is 1. The highest BCUT2D eigenvalue weighted by atomic mass is 16.1. The highest BCUT2D eigenvalue weighted by Crippen LogP contribution is 2.61. The van der Waals surface area contributed by atoms with Crippen LogP contribution >= 0.6 is 0 Å². The van der Waals surface area contributed by atoms with Crippen LogP contribution in [-0.4, -0.2) is 15.6 Å². The van der Waals surface area contributed by atoms with Crippen molar-refractivity contribution in [2.45, 2.75) is 95.1 Å². The molecule has 174 valence electrons. The lowest BCUT2D eigenvalue weighted by atomic mass is 9.48. The van der Waals surface area contributed by atoms with E-state index >= 15 is 0 Å². The van der Waals surface area contributed by atoms with Crippen LogP contribution in [0.2, 0.25) is 0 Å². The van der Waals surface area contributed by atoms with Crippen molar-refractivity contribution in [3.63, 3.8) is 0 Å². The summed E-state index contributed by atoms with van der Waals surface area (Å²) >= 11 is 0. The van der Waals surface area contributed by atoms with Gasteiger partial charge in [0.1, 0.15) is 5.82 Å². The molecule has 2 aromatic rings. The first-order chi connectivity index (χ1) is 16.1. The maximum atomic E-state index is 13.9. The van der Waals surface area contributed by atoms with Crippen molar-refractivity contribution in [3.8, 4) is 0 Å². The Kier molecular flexibility index (Phi) is 4.58. The molecule has 1 aromatic carbocycles. The van der Waals surface area contributed by atoms with Crippen LogP contribution in [0.25, 0.3) is 0 Å². The first-order valence-electron chi connectivity index (χ1n) is 13.5. The van der Waals surface area contributed by atoms with Crippen molar-refractivity contribution >= 4 is 11.6 Å². The van der Waals surface area contributed by atoms with Crippen LogP contribution in [0.4, 0.5) is 5.82 Å². The van der Waals surface area contributed by atoms with Gasteiger partial charge in [-0.15, -0.1) is 0 Å². The summed E-state index contributed by atoms with van der Waals surface area (Å²) in [6, 6.07) is 11.1. The average Bonchev–Trinajstić information content (AvgIpc) is 3.24. The maximum Gasteiger partial charge on any atom is 0.168 e. The van der Waals surface area contributed by atoms with Crippen molar-refractivity contribution in [2.24, 2.45) is 23.2 Å². The molecule has 1 spiro atoms. The molecule has 8 rings (SSSR count). The predicted molar refractivity (Wildman–Crippen MR) is 130 cm³/mol. The number of nitrogens with zero attached hydrogens (tertiary/aromatic N) is 2. The van der Waals surface area contributed by atoms with Gasteiger partial charge in [0.25, 0.3) is 0 Å². The van der Waals surface area contributed by atoms with Gasteiger partial charge in [0.2, 0.25) is 0 Å². The van der Waals surface area contributed by atoms with Gasteiger partial charge in [0, 0.05) is 6.42 Å². The molecule has 1 aromatic heterocycles. The van der Waals surface area contributed by atoms with Crippen LogP contribution < -0.4 is 5.32 Å². The lowest BCUT2D eigenvalue weighted by Gasteiger charge is -2.56. The second-order valence-corrected chi connectivity index (χ2v) is 12.4. The van der Waals surface area contributed by atoms with Crippen molar-refractivity contribution in [3.05, 3.63) is 47.7 Å². The number of rotatable bonds is 4. The van der Waals surface area contributed by atoms with E-state index in [1.165, 1.54) is 76.2 Å². The zero-order valence-electron chi connectivity index (χ0n) is 19.8. The summed E-state index contributed by atoms with van der Waals surface area (Å²) < 4.78 is 2.25. The molecule has 1 atom stereocenters. The Bertz CT molecular complexity index is 1010. The van der Waals surface area contributed by atoms with Crippen LogP contribution in [0.3, 0.4) is 0 Å². The fraction of sp³-hybridized carbons (Fsp3) is 0.655. The van der Waals surface area contributed by atoms with Crippen LogP contribution in [0.1, 0.15) is 105 Å². The third-order valence-electron chi connectivity index (χ3n) is 10.1. The molecule has 33 heavy (non-hydrogen) atoms. The summed E-state index contributed by atoms with van der Waals surface area (Å²) in [5, 5.41) is 8.71. The van der Waals surface area contributed by atoms with E-state index in [-0.39, 0.29) is 17.0 Å². The third kappa shape index (κ3) is 3.31. The van der Waals surface area contributed by atoms with Crippen LogP contribution in [-0.2, 0) is 5.54 Å². The van der Waals surface area contributed by atoms with Crippen LogP contribution in [0.15, 0.2) is 36.5 Å². The largest absolute Gasteiger partial charge is 0.363 e. The van der Waals surface area contributed by atoms with E-state index in [0.29, 0.717) is 5.78 Å². The molecule has 5 fully saturated rings. The number of ketones is 1. The van der Waals surface area contributed by atoms with Gasteiger partial charge in [0.05, 0.1) is 23.3 Å². The predicted octanol–water partition coefficient (Wildman–Crippen LogP) is 6.89. The minimum atomic E-state index is 0.0541. The maximum absolute atomic E-state index is 13.9. The lowest BCUT2D eigenvalue weighted by Crippen LogP contribution is -2.47. The summed E-state index contributed by atoms with van der Waals surface area (Å²) in [7, 11) is 0. The molecular weight excluding hydrogens is 406 g/mol. The highest BCUT2D eigenvalue weighted by Gasteiger charge is 2.52. The molecule has 2 heterocycles. The topological polar surface area (TPSA) is 46.9 Å². The quantitative estimate of drug-likeness (QED) is 0.523. The Labute approximate surface area is 197 Å². The Morgan fingerprint density at radius 2 is 1.61 bits per heavy atom. The minimum absolute atomic E-state index is 0.0541. The van der Waals surface area contributed by atoms with Crippen LogP contribution in [0, 0.1) is 23.2 Å². The lowest BCUT2D eigenvalue weighted by molar-refractivity contribution is -0.0524. The monoisotopic (exact) mass is 443 g/mol. The molecule has 1 unspecified atom stereocenters. The van der Waals surface area contributed by atoms with Crippen LogP contribution in [0.5, 0.6) is 0 Å². The zero-order chi connectivity index (χ0) is 22.0. The summed E-state index contributed by atoms with van der Waals surface area (Å²) in [6.07, 6.45) is 18.1. The number of carbonyl (C=O) groups excluding carboxylic acids is 1. The van der Waals surface area contributed by atoms with Gasteiger partial charge in [-0.05, 0) is 86.5 Å². The molecule has 1 aliphatic heterocycles. The van der Waals surface area contributed by atoms with Crippen molar-refractivity contribution in [1.82, 2.24) is 9.78 Å². The Hall–Kier alpha value is -2.10. The summed E-state index contributed by atoms with van der Waals surface area (Å²) in [4.78, 5) is 13.9. The highest BCUT2D eigenvalue weighted by molar-refractivity contribution is 6.01. The number of fused-ring (bicyclic) bond motifs is 2. The molecule has 4 bridgehead atoms. The van der Waals surface area contributed by atoms with Gasteiger partial charge in [-0.1, -0.05) is 49.6 Å². The van der Waals surface area contributed by atoms with E-state index in [1.54, 1.807) is 0 Å². The van der Waals surface area contributed by atoms with Gasteiger partial charge >= 0.3 is 0 Å². The fourth-order valence-corrected chi connectivity index (χ4v) is 9.19. The number of anilines is 1. The van der Waals surface area contributed by atoms with E-state index in [4.69, 9.17) is 5.10 Å². The molecule has 5 aliphatic carbocycles. The minimum Gasteiger partial charge on any atom is -0.363 e. The fourth-order valence-electron chi connectivity index (χ4n) is 9.19. The standard InChI is InChI=1S/C29H37N3O/c33-26(18-28-14-20-11-21(15-28)13-22(12-20)16-28)24-19-30-32-27(24)31-25(23-7-3-1-4-8-23)17-29(32)9-5-2-6-10-29/h1,3-4,7-8,19-22,25,31H,2,5-6,9-18H2.